The van der Waals surface area contributed by atoms with E-state index < -0.39 is 0 Å². The Morgan fingerprint density at radius 3 is 2.79 bits per heavy atom. The van der Waals surface area contributed by atoms with Crippen LogP contribution in [0, 0.1) is 5.92 Å². The Hall–Kier alpha value is -2.10. The highest BCUT2D eigenvalue weighted by Crippen LogP contribution is 2.48. The van der Waals surface area contributed by atoms with Crippen LogP contribution < -0.4 is 0 Å². The van der Waals surface area contributed by atoms with Crippen molar-refractivity contribution in [3.63, 3.8) is 0 Å². The van der Waals surface area contributed by atoms with Gasteiger partial charge in [0.1, 0.15) is 10.6 Å². The Kier molecular flexibility index (Phi) is 4.33. The maximum absolute atomic E-state index is 5.97. The SMILES string of the molecule is CC1CCc2c(sc3nc4c(c(-c5ccco5)c23)-c2ccccc2CC4)C1.Cl. The van der Waals surface area contributed by atoms with Crippen molar-refractivity contribution in [2.75, 3.05) is 0 Å². The van der Waals surface area contributed by atoms with Gasteiger partial charge in [0.2, 0.25) is 0 Å². The van der Waals surface area contributed by atoms with Gasteiger partial charge in [0.15, 0.2) is 0 Å². The van der Waals surface area contributed by atoms with Crippen molar-refractivity contribution in [3.05, 3.63) is 64.4 Å². The quantitative estimate of drug-likeness (QED) is 0.344. The zero-order valence-corrected chi connectivity index (χ0v) is 17.5. The summed E-state index contributed by atoms with van der Waals surface area (Å²) >= 11 is 1.92. The normalized spacial score (nSPS) is 17.5. The summed E-state index contributed by atoms with van der Waals surface area (Å²) in [5, 5.41) is 1.35. The second kappa shape index (κ2) is 6.75. The average Bonchev–Trinajstić information content (AvgIpc) is 3.33. The number of aromatic nitrogens is 1. The number of rotatable bonds is 1. The molecular weight excluding hydrogens is 386 g/mol. The summed E-state index contributed by atoms with van der Waals surface area (Å²) in [6.45, 7) is 2.37. The fourth-order valence-electron chi connectivity index (χ4n) is 4.89. The number of aryl methyl sites for hydroxylation is 3. The monoisotopic (exact) mass is 407 g/mol. The molecule has 3 heterocycles. The molecule has 142 valence electrons. The van der Waals surface area contributed by atoms with Gasteiger partial charge in [-0.1, -0.05) is 31.2 Å². The van der Waals surface area contributed by atoms with Crippen molar-refractivity contribution in [3.8, 4) is 22.5 Å². The molecule has 1 atom stereocenters. The molecule has 4 aromatic rings. The smallest absolute Gasteiger partial charge is 0.135 e. The largest absolute Gasteiger partial charge is 0.464 e. The number of fused-ring (bicyclic) bond motifs is 6. The second-order valence-electron chi connectivity index (χ2n) is 7.97. The number of pyridine rings is 1. The van der Waals surface area contributed by atoms with Gasteiger partial charge in [-0.15, -0.1) is 23.7 Å². The van der Waals surface area contributed by atoms with Crippen LogP contribution in [0.15, 0.2) is 47.1 Å². The predicted molar refractivity (Wildman–Crippen MR) is 119 cm³/mol. The van der Waals surface area contributed by atoms with E-state index in [4.69, 9.17) is 9.40 Å². The van der Waals surface area contributed by atoms with Crippen LogP contribution in [0.1, 0.15) is 35.0 Å². The van der Waals surface area contributed by atoms with Crippen LogP contribution >= 0.6 is 23.7 Å². The van der Waals surface area contributed by atoms with Crippen molar-refractivity contribution < 1.29 is 4.42 Å². The highest BCUT2D eigenvalue weighted by atomic mass is 35.5. The topological polar surface area (TPSA) is 26.0 Å². The lowest BCUT2D eigenvalue weighted by molar-refractivity contribution is 0.509. The number of benzene rings is 1. The Morgan fingerprint density at radius 1 is 1.04 bits per heavy atom. The van der Waals surface area contributed by atoms with Gasteiger partial charge in [-0.2, -0.15) is 0 Å². The first-order valence-electron chi connectivity index (χ1n) is 9.89. The maximum atomic E-state index is 5.97. The highest BCUT2D eigenvalue weighted by Gasteiger charge is 2.29. The molecule has 0 N–H and O–H groups in total. The Bertz CT molecular complexity index is 1180. The molecule has 2 aliphatic rings. The van der Waals surface area contributed by atoms with Gasteiger partial charge >= 0.3 is 0 Å². The Labute approximate surface area is 175 Å². The van der Waals surface area contributed by atoms with Gasteiger partial charge in [0, 0.05) is 21.4 Å². The van der Waals surface area contributed by atoms with E-state index >= 15 is 0 Å². The van der Waals surface area contributed by atoms with Gasteiger partial charge in [-0.3, -0.25) is 0 Å². The van der Waals surface area contributed by atoms with Crippen LogP contribution in [-0.2, 0) is 25.7 Å². The summed E-state index contributed by atoms with van der Waals surface area (Å²) < 4.78 is 5.97. The fraction of sp³-hybridized carbons (Fsp3) is 0.292. The lowest BCUT2D eigenvalue weighted by Crippen LogP contribution is -2.10. The molecule has 0 aliphatic heterocycles. The minimum atomic E-state index is 0. The Balaban J connectivity index is 0.00000171. The van der Waals surface area contributed by atoms with E-state index in [0.717, 1.165) is 30.9 Å². The van der Waals surface area contributed by atoms with E-state index in [-0.39, 0.29) is 12.4 Å². The van der Waals surface area contributed by atoms with E-state index in [1.54, 1.807) is 11.1 Å². The zero-order valence-electron chi connectivity index (χ0n) is 15.8. The minimum absolute atomic E-state index is 0. The maximum Gasteiger partial charge on any atom is 0.135 e. The van der Waals surface area contributed by atoms with Crippen molar-refractivity contribution in [1.29, 1.82) is 0 Å². The second-order valence-corrected chi connectivity index (χ2v) is 9.06. The number of hydrogen-bond donors (Lipinski definition) is 0. The van der Waals surface area contributed by atoms with Crippen molar-refractivity contribution in [2.24, 2.45) is 5.92 Å². The van der Waals surface area contributed by atoms with Gasteiger partial charge in [-0.05, 0) is 66.8 Å². The predicted octanol–water partition coefficient (Wildman–Crippen LogP) is 6.87. The molecule has 0 bridgehead atoms. The molecule has 3 aromatic heterocycles. The number of nitrogens with zero attached hydrogens (tertiary/aromatic N) is 1. The van der Waals surface area contributed by atoms with Crippen LogP contribution in [0.3, 0.4) is 0 Å². The summed E-state index contributed by atoms with van der Waals surface area (Å²) in [5.74, 6) is 1.75. The molecule has 1 aromatic carbocycles. The van der Waals surface area contributed by atoms with Crippen molar-refractivity contribution in [2.45, 2.75) is 39.0 Å². The minimum Gasteiger partial charge on any atom is -0.464 e. The van der Waals surface area contributed by atoms with Crippen molar-refractivity contribution >= 4 is 34.0 Å². The molecule has 2 nitrogen and oxygen atoms in total. The molecule has 0 saturated carbocycles. The summed E-state index contributed by atoms with van der Waals surface area (Å²) in [6.07, 6.45) is 7.49. The summed E-state index contributed by atoms with van der Waals surface area (Å²) in [5.41, 5.74) is 8.11. The van der Waals surface area contributed by atoms with E-state index in [0.29, 0.717) is 0 Å². The molecular formula is C24H22ClNOS. The van der Waals surface area contributed by atoms with Gasteiger partial charge in [-0.25, -0.2) is 4.98 Å². The van der Waals surface area contributed by atoms with Gasteiger partial charge < -0.3 is 4.42 Å². The lowest BCUT2D eigenvalue weighted by atomic mass is 9.82. The summed E-state index contributed by atoms with van der Waals surface area (Å²) in [4.78, 5) is 7.94. The summed E-state index contributed by atoms with van der Waals surface area (Å²) in [7, 11) is 0. The highest BCUT2D eigenvalue weighted by molar-refractivity contribution is 7.19. The standard InChI is InChI=1S/C24H21NOS.ClH/c1-14-8-10-17-20(13-14)27-24-22(17)23(19-7-4-12-26-19)21-16-6-3-2-5-15(16)9-11-18(21)25-24;/h2-7,12,14H,8-11,13H2,1H3;1H. The van der Waals surface area contributed by atoms with Crippen LogP contribution in [-0.4, -0.2) is 4.98 Å². The molecule has 0 radical (unpaired) electrons. The molecule has 28 heavy (non-hydrogen) atoms. The van der Waals surface area contributed by atoms with Crippen LogP contribution in [0.5, 0.6) is 0 Å². The molecule has 0 fully saturated rings. The molecule has 0 saturated heterocycles. The van der Waals surface area contributed by atoms with Crippen LogP contribution in [0.4, 0.5) is 0 Å². The molecule has 1 unspecified atom stereocenters. The third-order valence-corrected chi connectivity index (χ3v) is 7.35. The van der Waals surface area contributed by atoms with E-state index in [2.05, 4.69) is 37.3 Å². The van der Waals surface area contributed by atoms with Gasteiger partial charge in [0.25, 0.3) is 0 Å². The average molecular weight is 408 g/mol. The number of thiophene rings is 1. The number of furan rings is 1. The van der Waals surface area contributed by atoms with Crippen molar-refractivity contribution in [1.82, 2.24) is 4.98 Å². The zero-order chi connectivity index (χ0) is 18.0. The lowest BCUT2D eigenvalue weighted by Gasteiger charge is -2.23. The fourth-order valence-corrected chi connectivity index (χ4v) is 6.31. The third-order valence-electron chi connectivity index (χ3n) is 6.20. The van der Waals surface area contributed by atoms with Crippen LogP contribution in [0.25, 0.3) is 32.7 Å². The first kappa shape index (κ1) is 18.0. The molecule has 4 heteroatoms. The molecule has 6 rings (SSSR count). The summed E-state index contributed by atoms with van der Waals surface area (Å²) in [6, 6.07) is 12.9. The Morgan fingerprint density at radius 2 is 1.93 bits per heavy atom. The molecule has 0 amide bonds. The third kappa shape index (κ3) is 2.57. The number of hydrogen-bond acceptors (Lipinski definition) is 3. The number of halogens is 1. The first-order valence-corrected chi connectivity index (χ1v) is 10.7. The van der Waals surface area contributed by atoms with Crippen LogP contribution in [0.2, 0.25) is 0 Å². The van der Waals surface area contributed by atoms with Gasteiger partial charge in [0.05, 0.1) is 12.0 Å². The first-order chi connectivity index (χ1) is 13.3. The van der Waals surface area contributed by atoms with E-state index in [1.165, 1.54) is 56.6 Å². The van der Waals surface area contributed by atoms with E-state index in [1.807, 2.05) is 17.4 Å². The molecule has 0 spiro atoms. The van der Waals surface area contributed by atoms with E-state index in [9.17, 15) is 0 Å². The molecule has 2 aliphatic carbocycles.